The summed E-state index contributed by atoms with van der Waals surface area (Å²) in [5, 5.41) is 0. The van der Waals surface area contributed by atoms with E-state index in [1.165, 1.54) is 0 Å². The summed E-state index contributed by atoms with van der Waals surface area (Å²) in [7, 11) is 0. The fourth-order valence-corrected chi connectivity index (χ4v) is 1.15. The molecule has 1 aliphatic carbocycles. The highest BCUT2D eigenvalue weighted by molar-refractivity contribution is 14.1. The summed E-state index contributed by atoms with van der Waals surface area (Å²) in [4.78, 5) is 0. The molecule has 1 aliphatic rings. The number of hydrogen-bond acceptors (Lipinski definition) is 1. The van der Waals surface area contributed by atoms with Gasteiger partial charge in [0.15, 0.2) is 0 Å². The van der Waals surface area contributed by atoms with Crippen LogP contribution in [0, 0.1) is 0 Å². The summed E-state index contributed by atoms with van der Waals surface area (Å²) >= 11 is 2.06. The van der Waals surface area contributed by atoms with Gasteiger partial charge in [-0.3, -0.25) is 3.53 Å². The first-order chi connectivity index (χ1) is 3.33. The molecule has 0 aliphatic heterocycles. The molecule has 3 heteroatoms. The van der Waals surface area contributed by atoms with Gasteiger partial charge in [-0.2, -0.15) is 0 Å². The van der Waals surface area contributed by atoms with Crippen LogP contribution in [0.25, 0.3) is 0 Å². The van der Waals surface area contributed by atoms with Crippen LogP contribution < -0.4 is 3.53 Å². The molecule has 0 heterocycles. The van der Waals surface area contributed by atoms with Crippen molar-refractivity contribution in [2.24, 2.45) is 0 Å². The minimum Gasteiger partial charge on any atom is -0.258 e. The molecule has 0 amide bonds. The minimum absolute atomic E-state index is 0.454. The Morgan fingerprint density at radius 3 is 2.29 bits per heavy atom. The second-order valence-corrected chi connectivity index (χ2v) is 2.50. The molecule has 7 heavy (non-hydrogen) atoms. The van der Waals surface area contributed by atoms with Crippen molar-refractivity contribution in [1.29, 1.82) is 0 Å². The zero-order valence-corrected chi connectivity index (χ0v) is 5.98. The SMILES string of the molecule is FC1CC(NI)C1. The molecule has 42 valence electrons. The molecule has 0 aromatic heterocycles. The minimum atomic E-state index is -0.521. The van der Waals surface area contributed by atoms with Crippen molar-refractivity contribution in [2.45, 2.75) is 25.1 Å². The van der Waals surface area contributed by atoms with Crippen molar-refractivity contribution in [3.05, 3.63) is 0 Å². The van der Waals surface area contributed by atoms with Crippen LogP contribution in [0.15, 0.2) is 0 Å². The summed E-state index contributed by atoms with van der Waals surface area (Å²) in [5.74, 6) is 0. The largest absolute Gasteiger partial charge is 0.258 e. The first-order valence-corrected chi connectivity index (χ1v) is 3.41. The van der Waals surface area contributed by atoms with Crippen LogP contribution >= 0.6 is 22.9 Å². The topological polar surface area (TPSA) is 12.0 Å². The smallest absolute Gasteiger partial charge is 0.103 e. The van der Waals surface area contributed by atoms with Gasteiger partial charge in [-0.25, -0.2) is 4.39 Å². The lowest BCUT2D eigenvalue weighted by molar-refractivity contribution is 0.176. The van der Waals surface area contributed by atoms with Gasteiger partial charge in [0.1, 0.15) is 6.17 Å². The lowest BCUT2D eigenvalue weighted by atomic mass is 9.92. The van der Waals surface area contributed by atoms with Gasteiger partial charge in [0, 0.05) is 28.9 Å². The van der Waals surface area contributed by atoms with E-state index in [1.54, 1.807) is 0 Å². The van der Waals surface area contributed by atoms with Gasteiger partial charge in [-0.05, 0) is 12.8 Å². The molecule has 1 saturated carbocycles. The van der Waals surface area contributed by atoms with E-state index in [-0.39, 0.29) is 0 Å². The van der Waals surface area contributed by atoms with E-state index in [1.807, 2.05) is 0 Å². The Morgan fingerprint density at radius 2 is 2.14 bits per heavy atom. The third-order valence-corrected chi connectivity index (χ3v) is 2.12. The highest BCUT2D eigenvalue weighted by Crippen LogP contribution is 2.23. The molecule has 0 saturated heterocycles. The lowest BCUT2D eigenvalue weighted by Crippen LogP contribution is -2.37. The number of halogens is 2. The van der Waals surface area contributed by atoms with Crippen molar-refractivity contribution in [1.82, 2.24) is 3.53 Å². The number of hydrogen-bond donors (Lipinski definition) is 1. The highest BCUT2D eigenvalue weighted by atomic mass is 127. The van der Waals surface area contributed by atoms with Crippen LogP contribution in [0.5, 0.6) is 0 Å². The first kappa shape index (κ1) is 5.75. The molecule has 1 fully saturated rings. The Morgan fingerprint density at radius 1 is 1.57 bits per heavy atom. The fraction of sp³-hybridized carbons (Fsp3) is 1.00. The van der Waals surface area contributed by atoms with Gasteiger partial charge < -0.3 is 0 Å². The first-order valence-electron chi connectivity index (χ1n) is 2.33. The number of rotatable bonds is 1. The average molecular weight is 215 g/mol. The van der Waals surface area contributed by atoms with Crippen LogP contribution in [-0.4, -0.2) is 12.2 Å². The normalized spacial score (nSPS) is 40.3. The molecule has 0 bridgehead atoms. The van der Waals surface area contributed by atoms with Gasteiger partial charge in [0.2, 0.25) is 0 Å². The second kappa shape index (κ2) is 2.26. The maximum Gasteiger partial charge on any atom is 0.103 e. The van der Waals surface area contributed by atoms with E-state index in [4.69, 9.17) is 0 Å². The lowest BCUT2D eigenvalue weighted by Gasteiger charge is -2.27. The molecule has 0 aromatic rings. The Bertz CT molecular complexity index is 62.7. The van der Waals surface area contributed by atoms with E-state index in [0.29, 0.717) is 18.9 Å². The van der Waals surface area contributed by atoms with Gasteiger partial charge in [0.25, 0.3) is 0 Å². The van der Waals surface area contributed by atoms with Crippen molar-refractivity contribution in [3.8, 4) is 0 Å². The molecule has 0 radical (unpaired) electrons. The zero-order chi connectivity index (χ0) is 5.28. The zero-order valence-electron chi connectivity index (χ0n) is 3.82. The standard InChI is InChI=1S/C4H7FIN/c5-3-1-4(2-3)7-6/h3-4,7H,1-2H2. The molecule has 0 unspecified atom stereocenters. The number of nitrogens with one attached hydrogen (secondary N) is 1. The average Bonchev–Trinajstić information content (AvgIpc) is 1.58. The van der Waals surface area contributed by atoms with Gasteiger partial charge in [-0.1, -0.05) is 0 Å². The van der Waals surface area contributed by atoms with Crippen LogP contribution in [0.2, 0.25) is 0 Å². The summed E-state index contributed by atoms with van der Waals surface area (Å²) in [6.07, 6.45) is 0.901. The Balaban J connectivity index is 2.06. The van der Waals surface area contributed by atoms with Crippen molar-refractivity contribution in [2.75, 3.05) is 0 Å². The predicted molar refractivity (Wildman–Crippen MR) is 35.1 cm³/mol. The molecular weight excluding hydrogens is 208 g/mol. The van der Waals surface area contributed by atoms with E-state index < -0.39 is 6.17 Å². The second-order valence-electron chi connectivity index (χ2n) is 1.87. The van der Waals surface area contributed by atoms with E-state index in [0.717, 1.165) is 0 Å². The molecule has 0 spiro atoms. The van der Waals surface area contributed by atoms with Crippen LogP contribution in [0.1, 0.15) is 12.8 Å². The Kier molecular flexibility index (Phi) is 1.86. The molecule has 0 aromatic carbocycles. The van der Waals surface area contributed by atoms with Gasteiger partial charge in [0.05, 0.1) is 0 Å². The molecule has 1 nitrogen and oxygen atoms in total. The van der Waals surface area contributed by atoms with Crippen molar-refractivity contribution < 1.29 is 4.39 Å². The Labute approximate surface area is 56.2 Å². The third-order valence-electron chi connectivity index (χ3n) is 1.23. The maximum absolute atomic E-state index is 11.9. The highest BCUT2D eigenvalue weighted by Gasteiger charge is 2.27. The van der Waals surface area contributed by atoms with Crippen LogP contribution in [0.3, 0.4) is 0 Å². The Hall–Kier alpha value is 0.620. The predicted octanol–water partition coefficient (Wildman–Crippen LogP) is 1.43. The van der Waals surface area contributed by atoms with Crippen molar-refractivity contribution in [3.63, 3.8) is 0 Å². The molecule has 0 atom stereocenters. The third kappa shape index (κ3) is 1.25. The van der Waals surface area contributed by atoms with E-state index in [2.05, 4.69) is 26.4 Å². The van der Waals surface area contributed by atoms with E-state index in [9.17, 15) is 4.39 Å². The molecular formula is C4H7FIN. The van der Waals surface area contributed by atoms with Gasteiger partial charge in [-0.15, -0.1) is 0 Å². The van der Waals surface area contributed by atoms with E-state index >= 15 is 0 Å². The fourth-order valence-electron chi connectivity index (χ4n) is 0.637. The summed E-state index contributed by atoms with van der Waals surface area (Å²) in [5.41, 5.74) is 0. The summed E-state index contributed by atoms with van der Waals surface area (Å²) in [6.45, 7) is 0. The van der Waals surface area contributed by atoms with Crippen molar-refractivity contribution >= 4 is 22.9 Å². The van der Waals surface area contributed by atoms with Crippen LogP contribution in [0.4, 0.5) is 4.39 Å². The van der Waals surface area contributed by atoms with Gasteiger partial charge >= 0.3 is 0 Å². The summed E-state index contributed by atoms with van der Waals surface area (Å²) < 4.78 is 14.9. The molecule has 1 N–H and O–H groups in total. The number of alkyl halides is 1. The molecule has 1 rings (SSSR count). The monoisotopic (exact) mass is 215 g/mol. The maximum atomic E-state index is 11.9. The van der Waals surface area contributed by atoms with Crippen LogP contribution in [-0.2, 0) is 0 Å². The quantitative estimate of drug-likeness (QED) is 0.515. The summed E-state index contributed by atoms with van der Waals surface area (Å²) in [6, 6.07) is 0.454.